The number of nitrogens with one attached hydrogen (secondary N) is 1. The van der Waals surface area contributed by atoms with Crippen LogP contribution >= 0.6 is 0 Å². The summed E-state index contributed by atoms with van der Waals surface area (Å²) in [6.45, 7) is -0.171. The number of ether oxygens (including phenoxy) is 2. The smallest absolute Gasteiger partial charge is 0.416 e. The molecule has 0 spiro atoms. The molecule has 9 heteroatoms. The zero-order valence-electron chi connectivity index (χ0n) is 13.2. The summed E-state index contributed by atoms with van der Waals surface area (Å²) in [5, 5.41) is 12.2. The quantitative estimate of drug-likeness (QED) is 0.616. The molecule has 0 saturated heterocycles. The summed E-state index contributed by atoms with van der Waals surface area (Å²) in [4.78, 5) is 11.6. The lowest BCUT2D eigenvalue weighted by atomic mass is 10.2. The Morgan fingerprint density at radius 1 is 1.42 bits per heavy atom. The van der Waals surface area contributed by atoms with Crippen LogP contribution in [0.2, 0.25) is 0 Å². The van der Waals surface area contributed by atoms with Gasteiger partial charge in [-0.05, 0) is 18.2 Å². The first-order chi connectivity index (χ1) is 11.3. The second kappa shape index (κ2) is 9.45. The Kier molecular flexibility index (Phi) is 7.96. The van der Waals surface area contributed by atoms with E-state index in [0.717, 1.165) is 12.1 Å². The average molecular weight is 350 g/mol. The summed E-state index contributed by atoms with van der Waals surface area (Å²) in [5.74, 6) is -0.372. The van der Waals surface area contributed by atoms with Gasteiger partial charge in [0.25, 0.3) is 0 Å². The van der Waals surface area contributed by atoms with Crippen LogP contribution in [0.15, 0.2) is 24.3 Å². The highest BCUT2D eigenvalue weighted by Gasteiger charge is 2.30. The number of nitrogens with two attached hydrogens (primary N) is 1. The summed E-state index contributed by atoms with van der Waals surface area (Å²) in [6, 6.07) is 4.33. The van der Waals surface area contributed by atoms with Crippen LogP contribution in [0.1, 0.15) is 12.0 Å². The maximum absolute atomic E-state index is 12.6. The van der Waals surface area contributed by atoms with Gasteiger partial charge in [0.15, 0.2) is 0 Å². The predicted octanol–water partition coefficient (Wildman–Crippen LogP) is 0.925. The van der Waals surface area contributed by atoms with Crippen molar-refractivity contribution < 1.29 is 32.5 Å². The minimum absolute atomic E-state index is 0.0159. The summed E-state index contributed by atoms with van der Waals surface area (Å²) in [7, 11) is 1.43. The minimum Gasteiger partial charge on any atom is -0.491 e. The predicted molar refractivity (Wildman–Crippen MR) is 80.4 cm³/mol. The normalized spacial score (nSPS) is 14.1. The molecule has 0 aliphatic rings. The van der Waals surface area contributed by atoms with Gasteiger partial charge in [-0.25, -0.2) is 0 Å². The van der Waals surface area contributed by atoms with Crippen LogP contribution in [0.25, 0.3) is 0 Å². The van der Waals surface area contributed by atoms with Gasteiger partial charge < -0.3 is 25.6 Å². The van der Waals surface area contributed by atoms with Gasteiger partial charge in [0.2, 0.25) is 5.91 Å². The molecule has 0 heterocycles. The molecule has 0 aromatic heterocycles. The number of hydrogen-bond donors (Lipinski definition) is 3. The van der Waals surface area contributed by atoms with Crippen molar-refractivity contribution in [1.29, 1.82) is 0 Å². The van der Waals surface area contributed by atoms with Gasteiger partial charge in [0.1, 0.15) is 18.5 Å². The highest BCUT2D eigenvalue weighted by atomic mass is 19.4. The molecule has 0 saturated carbocycles. The summed E-state index contributed by atoms with van der Waals surface area (Å²) in [5.41, 5.74) is 4.55. The SMILES string of the molecule is COC(CN)CC(=O)NCC(O)COc1cccc(C(F)(F)F)c1. The maximum atomic E-state index is 12.6. The zero-order valence-corrected chi connectivity index (χ0v) is 13.2. The number of carbonyl (C=O) groups excluding carboxylic acids is 1. The van der Waals surface area contributed by atoms with Gasteiger partial charge in [-0.3, -0.25) is 4.79 Å². The Morgan fingerprint density at radius 3 is 2.71 bits per heavy atom. The molecule has 136 valence electrons. The van der Waals surface area contributed by atoms with Gasteiger partial charge in [-0.1, -0.05) is 6.07 Å². The highest BCUT2D eigenvalue weighted by molar-refractivity contribution is 5.76. The van der Waals surface area contributed by atoms with E-state index < -0.39 is 23.9 Å². The minimum atomic E-state index is -4.47. The molecule has 2 unspecified atom stereocenters. The molecule has 0 aliphatic carbocycles. The molecule has 2 atom stereocenters. The molecule has 0 fully saturated rings. The van der Waals surface area contributed by atoms with E-state index >= 15 is 0 Å². The lowest BCUT2D eigenvalue weighted by molar-refractivity contribution is -0.137. The van der Waals surface area contributed by atoms with E-state index in [9.17, 15) is 23.1 Å². The Balaban J connectivity index is 2.39. The van der Waals surface area contributed by atoms with Crippen molar-refractivity contribution in [2.75, 3.05) is 26.8 Å². The van der Waals surface area contributed by atoms with Crippen molar-refractivity contribution in [2.24, 2.45) is 5.73 Å². The molecular weight excluding hydrogens is 329 g/mol. The molecule has 1 aromatic carbocycles. The first-order valence-electron chi connectivity index (χ1n) is 7.24. The topological polar surface area (TPSA) is 93.8 Å². The summed E-state index contributed by atoms with van der Waals surface area (Å²) in [6.07, 6.45) is -5.90. The molecular formula is C15H21F3N2O4. The number of aliphatic hydroxyl groups is 1. The molecule has 0 bridgehead atoms. The van der Waals surface area contributed by atoms with Crippen molar-refractivity contribution in [1.82, 2.24) is 5.32 Å². The van der Waals surface area contributed by atoms with E-state index in [1.807, 2.05) is 0 Å². The lowest BCUT2D eigenvalue weighted by Gasteiger charge is -2.16. The molecule has 1 rings (SSSR count). The fraction of sp³-hybridized carbons (Fsp3) is 0.533. The Hall–Kier alpha value is -1.84. The van der Waals surface area contributed by atoms with Gasteiger partial charge in [-0.2, -0.15) is 13.2 Å². The Morgan fingerprint density at radius 2 is 2.12 bits per heavy atom. The Bertz CT molecular complexity index is 522. The molecule has 0 radical (unpaired) electrons. The second-order valence-corrected chi connectivity index (χ2v) is 5.09. The van der Waals surface area contributed by atoms with Crippen LogP contribution in [-0.2, 0) is 15.7 Å². The number of hydrogen-bond acceptors (Lipinski definition) is 5. The van der Waals surface area contributed by atoms with Gasteiger partial charge in [0.05, 0.1) is 18.1 Å². The molecule has 1 aromatic rings. The third kappa shape index (κ3) is 7.16. The second-order valence-electron chi connectivity index (χ2n) is 5.09. The van der Waals surface area contributed by atoms with Crippen LogP contribution in [0.4, 0.5) is 13.2 Å². The van der Waals surface area contributed by atoms with E-state index in [1.165, 1.54) is 19.2 Å². The number of alkyl halides is 3. The summed E-state index contributed by atoms with van der Waals surface area (Å²) < 4.78 is 47.8. The van der Waals surface area contributed by atoms with Gasteiger partial charge in [0, 0.05) is 20.2 Å². The third-order valence-electron chi connectivity index (χ3n) is 3.15. The van der Waals surface area contributed by atoms with Crippen LogP contribution in [0, 0.1) is 0 Å². The van der Waals surface area contributed by atoms with Crippen molar-refractivity contribution >= 4 is 5.91 Å². The van der Waals surface area contributed by atoms with Crippen LogP contribution in [0.3, 0.4) is 0 Å². The zero-order chi connectivity index (χ0) is 18.2. The van der Waals surface area contributed by atoms with Crippen molar-refractivity contribution in [3.8, 4) is 5.75 Å². The number of methoxy groups -OCH3 is 1. The number of halogens is 3. The van der Waals surface area contributed by atoms with Crippen LogP contribution in [0.5, 0.6) is 5.75 Å². The maximum Gasteiger partial charge on any atom is 0.416 e. The van der Waals surface area contributed by atoms with E-state index in [4.69, 9.17) is 15.2 Å². The first kappa shape index (κ1) is 20.2. The fourth-order valence-corrected chi connectivity index (χ4v) is 1.79. The number of amides is 1. The van der Waals surface area contributed by atoms with E-state index in [0.29, 0.717) is 0 Å². The van der Waals surface area contributed by atoms with Crippen molar-refractivity contribution in [2.45, 2.75) is 24.8 Å². The van der Waals surface area contributed by atoms with Gasteiger partial charge in [-0.15, -0.1) is 0 Å². The first-order valence-corrected chi connectivity index (χ1v) is 7.24. The highest BCUT2D eigenvalue weighted by Crippen LogP contribution is 2.31. The van der Waals surface area contributed by atoms with Crippen molar-refractivity contribution in [3.63, 3.8) is 0 Å². The number of rotatable bonds is 9. The van der Waals surface area contributed by atoms with Gasteiger partial charge >= 0.3 is 6.18 Å². The number of aliphatic hydroxyl groups excluding tert-OH is 1. The van der Waals surface area contributed by atoms with Crippen LogP contribution < -0.4 is 15.8 Å². The number of benzene rings is 1. The van der Waals surface area contributed by atoms with E-state index in [1.54, 1.807) is 0 Å². The Labute approximate surface area is 137 Å². The molecule has 1 amide bonds. The fourth-order valence-electron chi connectivity index (χ4n) is 1.79. The van der Waals surface area contributed by atoms with E-state index in [2.05, 4.69) is 5.32 Å². The molecule has 24 heavy (non-hydrogen) atoms. The lowest BCUT2D eigenvalue weighted by Crippen LogP contribution is -2.38. The third-order valence-corrected chi connectivity index (χ3v) is 3.15. The van der Waals surface area contributed by atoms with E-state index in [-0.39, 0.29) is 37.8 Å². The standard InChI is InChI=1S/C15H21F3N2O4/c1-23-13(7-19)6-14(22)20-8-11(21)9-24-12-4-2-3-10(5-12)15(16,17)18/h2-5,11,13,21H,6-9,19H2,1H3,(H,20,22). The number of carbonyl (C=O) groups is 1. The monoisotopic (exact) mass is 350 g/mol. The van der Waals surface area contributed by atoms with Crippen LogP contribution in [-0.4, -0.2) is 50.0 Å². The molecule has 4 N–H and O–H groups in total. The molecule has 6 nitrogen and oxygen atoms in total. The summed E-state index contributed by atoms with van der Waals surface area (Å²) >= 11 is 0. The average Bonchev–Trinajstić information content (AvgIpc) is 2.55. The largest absolute Gasteiger partial charge is 0.491 e. The van der Waals surface area contributed by atoms with Crippen molar-refractivity contribution in [3.05, 3.63) is 29.8 Å². The molecule has 0 aliphatic heterocycles.